The molecule has 2 aromatic carbocycles. The van der Waals surface area contributed by atoms with Crippen LogP contribution in [0.5, 0.6) is 0 Å². The van der Waals surface area contributed by atoms with Gasteiger partial charge in [-0.1, -0.05) is 48.5 Å². The normalized spacial score (nSPS) is 35.8. The van der Waals surface area contributed by atoms with Crippen LogP contribution in [-0.2, 0) is 22.3 Å². The van der Waals surface area contributed by atoms with Crippen LogP contribution in [0.15, 0.2) is 48.5 Å². The lowest BCUT2D eigenvalue weighted by atomic mass is 9.90. The highest BCUT2D eigenvalue weighted by Gasteiger charge is 2.45. The van der Waals surface area contributed by atoms with Gasteiger partial charge in [-0.15, -0.1) is 0 Å². The van der Waals surface area contributed by atoms with E-state index < -0.39 is 74.3 Å². The van der Waals surface area contributed by atoms with Crippen molar-refractivity contribution in [3.63, 3.8) is 0 Å². The summed E-state index contributed by atoms with van der Waals surface area (Å²) in [6, 6.07) is 15.0. The summed E-state index contributed by atoms with van der Waals surface area (Å²) in [4.78, 5) is 0. The minimum Gasteiger partial charge on any atom is -0.394 e. The van der Waals surface area contributed by atoms with Gasteiger partial charge in [0.15, 0.2) is 0 Å². The first-order chi connectivity index (χ1) is 18.2. The van der Waals surface area contributed by atoms with Crippen molar-refractivity contribution in [1.29, 1.82) is 0 Å². The van der Waals surface area contributed by atoms with Crippen LogP contribution in [0.3, 0.4) is 0 Å². The molecule has 2 aromatic rings. The predicted molar refractivity (Wildman–Crippen MR) is 135 cm³/mol. The van der Waals surface area contributed by atoms with Gasteiger partial charge in [-0.05, 0) is 47.9 Å². The molecule has 10 atom stereocenters. The SMILES string of the molecule is OC[C@H]1O[C@H](c2cccc(CCCCc3cccc([C@H]4O[C@H](CO)[C@@H](O)[C@@H](O)[C@@H]4O)c3)c2)[C@@H](O)[C@@H](O)[C@@H]1O. The molecule has 0 saturated carbocycles. The molecule has 0 bridgehead atoms. The quantitative estimate of drug-likeness (QED) is 0.191. The highest BCUT2D eigenvalue weighted by atomic mass is 16.6. The van der Waals surface area contributed by atoms with E-state index in [9.17, 15) is 40.9 Å². The lowest BCUT2D eigenvalue weighted by Crippen LogP contribution is -2.55. The molecular weight excluding hydrogens is 496 g/mol. The molecule has 2 fully saturated rings. The van der Waals surface area contributed by atoms with Crippen molar-refractivity contribution >= 4 is 0 Å². The fourth-order valence-electron chi connectivity index (χ4n) is 5.26. The molecule has 10 nitrogen and oxygen atoms in total. The Morgan fingerprint density at radius 1 is 0.526 bits per heavy atom. The summed E-state index contributed by atoms with van der Waals surface area (Å²) < 4.78 is 11.3. The van der Waals surface area contributed by atoms with Gasteiger partial charge < -0.3 is 50.3 Å². The average Bonchev–Trinajstić information content (AvgIpc) is 2.93. The third-order valence-electron chi connectivity index (χ3n) is 7.52. The summed E-state index contributed by atoms with van der Waals surface area (Å²) >= 11 is 0. The number of aliphatic hydroxyl groups excluding tert-OH is 8. The van der Waals surface area contributed by atoms with Gasteiger partial charge in [0.2, 0.25) is 0 Å². The van der Waals surface area contributed by atoms with Gasteiger partial charge in [0.25, 0.3) is 0 Å². The second kappa shape index (κ2) is 12.9. The largest absolute Gasteiger partial charge is 0.394 e. The van der Waals surface area contributed by atoms with E-state index in [2.05, 4.69) is 0 Å². The second-order valence-corrected chi connectivity index (χ2v) is 10.2. The lowest BCUT2D eigenvalue weighted by molar-refractivity contribution is -0.231. The van der Waals surface area contributed by atoms with Crippen molar-refractivity contribution in [1.82, 2.24) is 0 Å². The Bertz CT molecular complexity index is 949. The van der Waals surface area contributed by atoms with E-state index in [1.807, 2.05) is 36.4 Å². The maximum absolute atomic E-state index is 10.4. The van der Waals surface area contributed by atoms with Crippen molar-refractivity contribution in [2.75, 3.05) is 13.2 Å². The Hall–Kier alpha value is -1.96. The molecule has 2 saturated heterocycles. The third kappa shape index (κ3) is 6.26. The van der Waals surface area contributed by atoms with Gasteiger partial charge in [-0.2, -0.15) is 0 Å². The van der Waals surface area contributed by atoms with Crippen LogP contribution in [0.4, 0.5) is 0 Å². The summed E-state index contributed by atoms with van der Waals surface area (Å²) in [6.45, 7) is -0.947. The molecule has 0 radical (unpaired) electrons. The molecule has 0 spiro atoms. The number of aryl methyl sites for hydroxylation is 2. The van der Waals surface area contributed by atoms with E-state index in [0.717, 1.165) is 36.8 Å². The Morgan fingerprint density at radius 3 is 1.29 bits per heavy atom. The summed E-state index contributed by atoms with van der Waals surface area (Å²) in [6.07, 6.45) is -8.67. The Morgan fingerprint density at radius 2 is 0.921 bits per heavy atom. The molecule has 0 amide bonds. The smallest absolute Gasteiger partial charge is 0.113 e. The molecule has 2 aliphatic heterocycles. The molecule has 0 aliphatic carbocycles. The first kappa shape index (κ1) is 29.0. The Balaban J connectivity index is 1.33. The van der Waals surface area contributed by atoms with E-state index in [-0.39, 0.29) is 0 Å². The van der Waals surface area contributed by atoms with Crippen LogP contribution >= 0.6 is 0 Å². The molecule has 210 valence electrons. The van der Waals surface area contributed by atoms with Crippen LogP contribution < -0.4 is 0 Å². The van der Waals surface area contributed by atoms with Gasteiger partial charge in [0.1, 0.15) is 61.0 Å². The van der Waals surface area contributed by atoms with Crippen LogP contribution in [0.1, 0.15) is 47.3 Å². The van der Waals surface area contributed by atoms with E-state index in [0.29, 0.717) is 11.1 Å². The number of benzene rings is 2. The summed E-state index contributed by atoms with van der Waals surface area (Å²) in [7, 11) is 0. The molecule has 0 aromatic heterocycles. The number of unbranched alkanes of at least 4 members (excludes halogenated alkanes) is 1. The first-order valence-electron chi connectivity index (χ1n) is 13.0. The molecule has 2 heterocycles. The van der Waals surface area contributed by atoms with Gasteiger partial charge in [0.05, 0.1) is 13.2 Å². The van der Waals surface area contributed by atoms with E-state index in [1.165, 1.54) is 0 Å². The second-order valence-electron chi connectivity index (χ2n) is 10.2. The fraction of sp³-hybridized carbons (Fsp3) is 0.571. The van der Waals surface area contributed by atoms with Crippen LogP contribution in [0.25, 0.3) is 0 Å². The fourth-order valence-corrected chi connectivity index (χ4v) is 5.26. The van der Waals surface area contributed by atoms with Crippen LogP contribution in [0.2, 0.25) is 0 Å². The monoisotopic (exact) mass is 534 g/mol. The number of aliphatic hydroxyl groups is 8. The Labute approximate surface area is 221 Å². The van der Waals surface area contributed by atoms with Crippen molar-refractivity contribution in [3.05, 3.63) is 70.8 Å². The number of rotatable bonds is 9. The molecular formula is C28H38O10. The average molecular weight is 535 g/mol. The minimum atomic E-state index is -1.42. The van der Waals surface area contributed by atoms with Crippen LogP contribution in [-0.4, -0.2) is 103 Å². The molecule has 0 unspecified atom stereocenters. The molecule has 10 heteroatoms. The lowest BCUT2D eigenvalue weighted by Gasteiger charge is -2.40. The Kier molecular flexibility index (Phi) is 9.88. The van der Waals surface area contributed by atoms with E-state index >= 15 is 0 Å². The van der Waals surface area contributed by atoms with Crippen molar-refractivity contribution < 1.29 is 50.3 Å². The highest BCUT2D eigenvalue weighted by molar-refractivity contribution is 5.28. The molecule has 4 rings (SSSR count). The molecule has 38 heavy (non-hydrogen) atoms. The van der Waals surface area contributed by atoms with Crippen molar-refractivity contribution in [2.45, 2.75) is 86.7 Å². The topological polar surface area (TPSA) is 180 Å². The third-order valence-corrected chi connectivity index (χ3v) is 7.52. The highest BCUT2D eigenvalue weighted by Crippen LogP contribution is 2.34. The maximum Gasteiger partial charge on any atom is 0.113 e. The number of ether oxygens (including phenoxy) is 2. The zero-order valence-electron chi connectivity index (χ0n) is 21.0. The number of hydrogen-bond acceptors (Lipinski definition) is 10. The standard InChI is InChI=1S/C28H38O10/c29-13-19-21(31)23(33)25(35)27(37-19)17-9-3-7-15(11-17)5-1-2-6-16-8-4-10-18(12-16)28-26(36)24(34)22(32)20(14-30)38-28/h3-4,7-12,19-36H,1-2,5-6,13-14H2/t19-,20-,21-,22-,23-,24+,25+,26+,27-,28-/m1/s1. The summed E-state index contributed by atoms with van der Waals surface area (Å²) in [5.41, 5.74) is 3.36. The summed E-state index contributed by atoms with van der Waals surface area (Å²) in [5.74, 6) is 0. The van der Waals surface area contributed by atoms with Crippen molar-refractivity contribution in [3.8, 4) is 0 Å². The van der Waals surface area contributed by atoms with Gasteiger partial charge in [-0.3, -0.25) is 0 Å². The summed E-state index contributed by atoms with van der Waals surface area (Å²) in [5, 5.41) is 80.0. The first-order valence-corrected chi connectivity index (χ1v) is 13.0. The van der Waals surface area contributed by atoms with E-state index in [4.69, 9.17) is 9.47 Å². The molecule has 2 aliphatic rings. The van der Waals surface area contributed by atoms with Gasteiger partial charge in [0, 0.05) is 0 Å². The predicted octanol–water partition coefficient (Wildman–Crippen LogP) is -0.718. The van der Waals surface area contributed by atoms with Crippen molar-refractivity contribution in [2.24, 2.45) is 0 Å². The zero-order chi connectivity index (χ0) is 27.4. The van der Waals surface area contributed by atoms with Gasteiger partial charge >= 0.3 is 0 Å². The van der Waals surface area contributed by atoms with E-state index in [1.54, 1.807) is 12.1 Å². The molecule has 8 N–H and O–H groups in total. The maximum atomic E-state index is 10.4. The number of hydrogen-bond donors (Lipinski definition) is 8. The minimum absolute atomic E-state index is 0.473. The zero-order valence-corrected chi connectivity index (χ0v) is 21.0. The van der Waals surface area contributed by atoms with Crippen LogP contribution in [0, 0.1) is 0 Å². The van der Waals surface area contributed by atoms with Gasteiger partial charge in [-0.25, -0.2) is 0 Å².